The van der Waals surface area contributed by atoms with Crippen molar-refractivity contribution in [2.45, 2.75) is 31.0 Å². The van der Waals surface area contributed by atoms with E-state index in [2.05, 4.69) is 14.7 Å². The fraction of sp³-hybridized carbons (Fsp3) is 0.857. The Morgan fingerprint density at radius 3 is 2.67 bits per heavy atom. The lowest BCUT2D eigenvalue weighted by molar-refractivity contribution is -0.194. The number of nitrogens with zero attached hydrogens (tertiary/aromatic N) is 3. The Labute approximate surface area is 156 Å². The molecule has 4 heterocycles. The van der Waals surface area contributed by atoms with Crippen LogP contribution in [0.5, 0.6) is 0 Å². The van der Waals surface area contributed by atoms with Gasteiger partial charge >= 0.3 is 16.4 Å². The van der Waals surface area contributed by atoms with Gasteiger partial charge in [0.25, 0.3) is 5.91 Å². The number of likely N-dealkylation sites (tertiary alicyclic amines) is 1. The lowest BCUT2D eigenvalue weighted by atomic mass is 9.71. The molecule has 2 bridgehead atoms. The van der Waals surface area contributed by atoms with E-state index in [1.54, 1.807) is 0 Å². The molecule has 0 aromatic carbocycles. The van der Waals surface area contributed by atoms with Crippen molar-refractivity contribution in [3.8, 4) is 0 Å². The summed E-state index contributed by atoms with van der Waals surface area (Å²) in [6.45, 7) is 2.20. The number of likely N-dealkylation sites (N-methyl/N-ethyl adjacent to an activating group) is 1. The first kappa shape index (κ1) is 18.8. The Hall–Kier alpha value is -1.51. The van der Waals surface area contributed by atoms with E-state index in [1.807, 2.05) is 7.05 Å². The van der Waals surface area contributed by atoms with Gasteiger partial charge in [0.2, 0.25) is 0 Å². The molecule has 12 nitrogen and oxygen atoms in total. The van der Waals surface area contributed by atoms with Crippen LogP contribution in [0.25, 0.3) is 0 Å². The highest BCUT2D eigenvalue weighted by Gasteiger charge is 2.63. The van der Waals surface area contributed by atoms with Crippen LogP contribution in [0.1, 0.15) is 12.8 Å². The van der Waals surface area contributed by atoms with E-state index in [1.165, 1.54) is 4.90 Å². The number of amides is 3. The Balaban J connectivity index is 1.48. The van der Waals surface area contributed by atoms with Crippen LogP contribution in [0.2, 0.25) is 0 Å². The van der Waals surface area contributed by atoms with Crippen LogP contribution in [0.4, 0.5) is 4.79 Å². The zero-order valence-corrected chi connectivity index (χ0v) is 15.6. The molecule has 4 aliphatic heterocycles. The molecule has 4 fully saturated rings. The Kier molecular flexibility index (Phi) is 4.56. The van der Waals surface area contributed by atoms with Crippen molar-refractivity contribution in [3.05, 3.63) is 0 Å². The molecule has 1 spiro atoms. The Morgan fingerprint density at radius 1 is 1.37 bits per heavy atom. The first-order valence-electron chi connectivity index (χ1n) is 8.67. The fourth-order valence-corrected chi connectivity index (χ4v) is 4.60. The van der Waals surface area contributed by atoms with E-state index in [-0.39, 0.29) is 32.3 Å². The van der Waals surface area contributed by atoms with E-state index in [0.29, 0.717) is 11.6 Å². The molecule has 27 heavy (non-hydrogen) atoms. The van der Waals surface area contributed by atoms with Crippen molar-refractivity contribution in [1.29, 1.82) is 0 Å². The van der Waals surface area contributed by atoms with Crippen LogP contribution < -0.4 is 5.48 Å². The second-order valence-corrected chi connectivity index (χ2v) is 8.62. The van der Waals surface area contributed by atoms with Crippen molar-refractivity contribution in [2.24, 2.45) is 5.41 Å². The molecule has 13 heteroatoms. The third kappa shape index (κ3) is 3.39. The molecule has 0 radical (unpaired) electrons. The number of rotatable bonds is 5. The van der Waals surface area contributed by atoms with Crippen molar-refractivity contribution in [1.82, 2.24) is 20.3 Å². The highest BCUT2D eigenvalue weighted by molar-refractivity contribution is 7.80. The number of carbonyl (C=O) groups is 2. The van der Waals surface area contributed by atoms with Gasteiger partial charge in [0.05, 0.1) is 25.4 Å². The quantitative estimate of drug-likeness (QED) is 0.407. The maximum absolute atomic E-state index is 12.7. The third-order valence-electron chi connectivity index (χ3n) is 5.70. The van der Waals surface area contributed by atoms with Gasteiger partial charge in [-0.2, -0.15) is 13.5 Å². The SMILES string of the molecule is CN1CCC(ONC(=O)[C@@H]2CC3(COC3)[C@@H]3CN2C(=O)N3OS(=O)(=O)O)C1. The monoisotopic (exact) mass is 406 g/mol. The molecule has 0 aromatic heterocycles. The van der Waals surface area contributed by atoms with Gasteiger partial charge in [-0.15, -0.1) is 4.28 Å². The summed E-state index contributed by atoms with van der Waals surface area (Å²) in [6, 6.07) is -2.26. The molecule has 2 N–H and O–H groups in total. The average molecular weight is 406 g/mol. The van der Waals surface area contributed by atoms with Crippen LogP contribution in [0, 0.1) is 5.41 Å². The van der Waals surface area contributed by atoms with Gasteiger partial charge in [-0.1, -0.05) is 0 Å². The largest absolute Gasteiger partial charge is 0.418 e. The Morgan fingerprint density at radius 2 is 2.11 bits per heavy atom. The summed E-state index contributed by atoms with van der Waals surface area (Å²) < 4.78 is 41.0. The normalized spacial score (nSPS) is 32.8. The van der Waals surface area contributed by atoms with Crippen LogP contribution in [-0.2, 0) is 29.1 Å². The highest BCUT2D eigenvalue weighted by atomic mass is 32.3. The minimum absolute atomic E-state index is 0.0992. The second-order valence-electron chi connectivity index (χ2n) is 7.61. The van der Waals surface area contributed by atoms with Gasteiger partial charge in [-0.05, 0) is 19.9 Å². The number of piperidine rings is 1. The van der Waals surface area contributed by atoms with Gasteiger partial charge in [-0.3, -0.25) is 14.2 Å². The molecule has 3 atom stereocenters. The topological polar surface area (TPSA) is 138 Å². The van der Waals surface area contributed by atoms with E-state index in [9.17, 15) is 18.0 Å². The van der Waals surface area contributed by atoms with Crippen molar-refractivity contribution < 1.29 is 36.4 Å². The van der Waals surface area contributed by atoms with Crippen LogP contribution >= 0.6 is 0 Å². The number of hydrogen-bond acceptors (Lipinski definition) is 8. The molecule has 4 saturated heterocycles. The molecular formula is C14H22N4O8S. The average Bonchev–Trinajstić information content (AvgIpc) is 3.08. The smallest absolute Gasteiger partial charge is 0.380 e. The predicted octanol–water partition coefficient (Wildman–Crippen LogP) is -1.63. The van der Waals surface area contributed by atoms with Crippen LogP contribution in [0.15, 0.2) is 0 Å². The maximum atomic E-state index is 12.7. The maximum Gasteiger partial charge on any atom is 0.418 e. The summed E-state index contributed by atoms with van der Waals surface area (Å²) in [5.41, 5.74) is 1.83. The number of fused-ring (bicyclic) bond motifs is 3. The second kappa shape index (κ2) is 6.53. The van der Waals surface area contributed by atoms with E-state index < -0.39 is 39.8 Å². The van der Waals surface area contributed by atoms with Crippen LogP contribution in [0.3, 0.4) is 0 Å². The zero-order valence-electron chi connectivity index (χ0n) is 14.7. The predicted molar refractivity (Wildman–Crippen MR) is 87.1 cm³/mol. The van der Waals surface area contributed by atoms with Crippen molar-refractivity contribution in [3.63, 3.8) is 0 Å². The molecule has 4 rings (SSSR count). The van der Waals surface area contributed by atoms with Gasteiger partial charge in [0, 0.05) is 25.0 Å². The number of nitrogens with one attached hydrogen (secondary N) is 1. The third-order valence-corrected chi connectivity index (χ3v) is 6.05. The molecule has 4 aliphatic rings. The number of ether oxygens (including phenoxy) is 1. The fourth-order valence-electron chi connectivity index (χ4n) is 4.23. The zero-order chi connectivity index (χ0) is 19.4. The lowest BCUT2D eigenvalue weighted by Crippen LogP contribution is -2.63. The molecule has 0 aliphatic carbocycles. The number of carbonyl (C=O) groups excluding carboxylic acids is 2. The minimum atomic E-state index is -4.87. The summed E-state index contributed by atoms with van der Waals surface area (Å²) in [5, 5.41) is 0.637. The first-order chi connectivity index (χ1) is 12.7. The lowest BCUT2D eigenvalue weighted by Gasteiger charge is -2.50. The summed E-state index contributed by atoms with van der Waals surface area (Å²) in [4.78, 5) is 34.1. The van der Waals surface area contributed by atoms with Crippen LogP contribution in [-0.4, -0.2) is 97.9 Å². The van der Waals surface area contributed by atoms with Gasteiger partial charge in [-0.25, -0.2) is 10.3 Å². The summed E-state index contributed by atoms with van der Waals surface area (Å²) in [5.74, 6) is -0.476. The number of urea groups is 1. The van der Waals surface area contributed by atoms with Crippen molar-refractivity contribution in [2.75, 3.05) is 39.9 Å². The molecule has 0 saturated carbocycles. The number of hydrogen-bond donors (Lipinski definition) is 2. The van der Waals surface area contributed by atoms with E-state index in [4.69, 9.17) is 14.1 Å². The van der Waals surface area contributed by atoms with Crippen molar-refractivity contribution >= 4 is 22.3 Å². The molecular weight excluding hydrogens is 384 g/mol. The summed E-state index contributed by atoms with van der Waals surface area (Å²) in [7, 11) is -2.91. The Bertz CT molecular complexity index is 741. The molecule has 3 amide bonds. The van der Waals surface area contributed by atoms with E-state index >= 15 is 0 Å². The molecule has 0 aromatic rings. The minimum Gasteiger partial charge on any atom is -0.380 e. The molecule has 152 valence electrons. The standard InChI is InChI=1S/C14H22N4O8S/c1-16-3-2-9(5-16)25-15-12(19)10-4-14(7-24-8-14)11-6-17(10)13(20)18(11)26-27(21,22)23/h9-11H,2-8H2,1H3,(H,15,19)(H,21,22,23)/t9?,10-,11-/m0/s1. The highest BCUT2D eigenvalue weighted by Crippen LogP contribution is 2.47. The molecule has 1 unspecified atom stereocenters. The van der Waals surface area contributed by atoms with E-state index in [0.717, 1.165) is 13.0 Å². The van der Waals surface area contributed by atoms with Gasteiger partial charge in [0.15, 0.2) is 0 Å². The number of hydroxylamine groups is 3. The summed E-state index contributed by atoms with van der Waals surface area (Å²) >= 11 is 0. The summed E-state index contributed by atoms with van der Waals surface area (Å²) in [6.07, 6.45) is 0.957. The van der Waals surface area contributed by atoms with Gasteiger partial charge in [0.1, 0.15) is 6.04 Å². The van der Waals surface area contributed by atoms with Gasteiger partial charge < -0.3 is 14.5 Å². The first-order valence-corrected chi connectivity index (χ1v) is 10.0.